The molecule has 3 rings (SSSR count). The molecule has 1 aromatic carbocycles. The fourth-order valence-corrected chi connectivity index (χ4v) is 2.99. The van der Waals surface area contributed by atoms with E-state index < -0.39 is 18.3 Å². The van der Waals surface area contributed by atoms with Crippen molar-refractivity contribution >= 4 is 18.5 Å². The molecule has 1 fully saturated rings. The van der Waals surface area contributed by atoms with Crippen LogP contribution >= 0.6 is 0 Å². The monoisotopic (exact) mass is 317 g/mol. The predicted octanol–water partition coefficient (Wildman–Crippen LogP) is 1.62. The summed E-state index contributed by atoms with van der Waals surface area (Å²) in [6.07, 6.45) is 0.807. The predicted molar refractivity (Wildman–Crippen MR) is 89.4 cm³/mol. The number of carbonyl (C=O) groups excluding carboxylic acids is 1. The highest BCUT2D eigenvalue weighted by Crippen LogP contribution is 2.37. The Kier molecular flexibility index (Phi) is 3.73. The van der Waals surface area contributed by atoms with Crippen molar-refractivity contribution in [2.75, 3.05) is 20.7 Å². The second-order valence-electron chi connectivity index (χ2n) is 7.32. The smallest absolute Gasteiger partial charge is 0.494 e. The van der Waals surface area contributed by atoms with E-state index in [2.05, 4.69) is 0 Å². The van der Waals surface area contributed by atoms with Gasteiger partial charge in [-0.15, -0.1) is 0 Å². The largest absolute Gasteiger partial charge is 0.496 e. The first-order valence-corrected chi connectivity index (χ1v) is 7.98. The van der Waals surface area contributed by atoms with Gasteiger partial charge in [0.2, 0.25) is 0 Å². The summed E-state index contributed by atoms with van der Waals surface area (Å²) in [5, 5.41) is 0. The lowest BCUT2D eigenvalue weighted by molar-refractivity contribution is 0.00578. The molecular weight excluding hydrogens is 293 g/mol. The van der Waals surface area contributed by atoms with Gasteiger partial charge in [-0.05, 0) is 51.2 Å². The summed E-state index contributed by atoms with van der Waals surface area (Å²) in [5.74, 6) is 0.590. The maximum Gasteiger partial charge on any atom is 0.494 e. The zero-order valence-corrected chi connectivity index (χ0v) is 14.7. The average molecular weight is 317 g/mol. The summed E-state index contributed by atoms with van der Waals surface area (Å²) in [5.41, 5.74) is 1.77. The lowest BCUT2D eigenvalue weighted by Gasteiger charge is -2.32. The summed E-state index contributed by atoms with van der Waals surface area (Å²) in [4.78, 5) is 14.1. The molecule has 2 heterocycles. The van der Waals surface area contributed by atoms with Crippen molar-refractivity contribution in [3.8, 4) is 5.75 Å². The van der Waals surface area contributed by atoms with E-state index in [9.17, 15) is 4.79 Å². The first-order valence-electron chi connectivity index (χ1n) is 7.98. The topological polar surface area (TPSA) is 48.0 Å². The van der Waals surface area contributed by atoms with Gasteiger partial charge in [0.25, 0.3) is 5.91 Å². The molecule has 0 saturated carbocycles. The van der Waals surface area contributed by atoms with Crippen LogP contribution in [0.4, 0.5) is 0 Å². The van der Waals surface area contributed by atoms with Crippen LogP contribution in [-0.2, 0) is 15.7 Å². The lowest BCUT2D eigenvalue weighted by Crippen LogP contribution is -2.41. The molecule has 2 aliphatic rings. The highest BCUT2D eigenvalue weighted by Gasteiger charge is 2.52. The molecule has 0 atom stereocenters. The molecule has 0 aliphatic carbocycles. The third kappa shape index (κ3) is 2.54. The van der Waals surface area contributed by atoms with Gasteiger partial charge in [-0.25, -0.2) is 0 Å². The van der Waals surface area contributed by atoms with Crippen molar-refractivity contribution < 1.29 is 18.8 Å². The molecule has 0 spiro atoms. The van der Waals surface area contributed by atoms with Crippen LogP contribution < -0.4 is 10.2 Å². The Labute approximate surface area is 138 Å². The molecule has 0 bridgehead atoms. The Bertz CT molecular complexity index is 623. The van der Waals surface area contributed by atoms with Crippen molar-refractivity contribution in [2.24, 2.45) is 0 Å². The number of carbonyl (C=O) groups is 1. The Morgan fingerprint density at radius 1 is 1.17 bits per heavy atom. The normalized spacial score (nSPS) is 22.3. The maximum atomic E-state index is 12.4. The van der Waals surface area contributed by atoms with Gasteiger partial charge in [0.15, 0.2) is 0 Å². The Hall–Kier alpha value is -1.53. The van der Waals surface area contributed by atoms with Gasteiger partial charge in [0.05, 0.1) is 23.9 Å². The number of rotatable bonds is 2. The van der Waals surface area contributed by atoms with Crippen LogP contribution in [0.2, 0.25) is 0 Å². The van der Waals surface area contributed by atoms with Crippen molar-refractivity contribution in [1.29, 1.82) is 0 Å². The van der Waals surface area contributed by atoms with Crippen LogP contribution in [-0.4, -0.2) is 49.8 Å². The number of nitrogens with zero attached hydrogens (tertiary/aromatic N) is 1. The van der Waals surface area contributed by atoms with Crippen LogP contribution in [0.5, 0.6) is 5.75 Å². The number of amides is 1. The number of hydrogen-bond acceptors (Lipinski definition) is 4. The summed E-state index contributed by atoms with van der Waals surface area (Å²) < 4.78 is 17.7. The summed E-state index contributed by atoms with van der Waals surface area (Å²) in [6.45, 7) is 8.83. The summed E-state index contributed by atoms with van der Waals surface area (Å²) in [7, 11) is 2.95. The SMILES string of the molecule is COc1cc(B2OC(C)(C)C(C)(C)O2)cc2c1C(=O)N(C)CC2. The van der Waals surface area contributed by atoms with Gasteiger partial charge in [-0.2, -0.15) is 0 Å². The van der Waals surface area contributed by atoms with E-state index in [1.165, 1.54) is 0 Å². The average Bonchev–Trinajstić information content (AvgIpc) is 2.70. The number of likely N-dealkylation sites (N-methyl/N-ethyl adjacent to an activating group) is 1. The second kappa shape index (κ2) is 5.25. The first-order chi connectivity index (χ1) is 10.7. The molecule has 6 heteroatoms. The highest BCUT2D eigenvalue weighted by molar-refractivity contribution is 6.62. The molecule has 1 amide bonds. The standard InChI is InChI=1S/C17H24BNO4/c1-16(2)17(3,4)23-18(22-16)12-9-11-7-8-19(5)15(20)14(11)13(10-12)21-6/h9-10H,7-8H2,1-6H3. The van der Waals surface area contributed by atoms with Crippen LogP contribution in [0.25, 0.3) is 0 Å². The third-order valence-corrected chi connectivity index (χ3v) is 5.23. The number of ether oxygens (including phenoxy) is 1. The maximum absolute atomic E-state index is 12.4. The molecular formula is C17H24BNO4. The molecule has 5 nitrogen and oxygen atoms in total. The van der Waals surface area contributed by atoms with Gasteiger partial charge < -0.3 is 18.9 Å². The van der Waals surface area contributed by atoms with Crippen molar-refractivity contribution in [3.05, 3.63) is 23.3 Å². The molecule has 1 saturated heterocycles. The first kappa shape index (κ1) is 16.3. The molecule has 124 valence electrons. The fourth-order valence-electron chi connectivity index (χ4n) is 2.99. The van der Waals surface area contributed by atoms with Gasteiger partial charge in [-0.1, -0.05) is 6.07 Å². The zero-order chi connectivity index (χ0) is 17.0. The van der Waals surface area contributed by atoms with E-state index in [4.69, 9.17) is 14.0 Å². The number of hydrogen-bond donors (Lipinski definition) is 0. The molecule has 23 heavy (non-hydrogen) atoms. The lowest BCUT2D eigenvalue weighted by atomic mass is 9.76. The van der Waals surface area contributed by atoms with Crippen molar-refractivity contribution in [2.45, 2.75) is 45.3 Å². The van der Waals surface area contributed by atoms with Gasteiger partial charge >= 0.3 is 7.12 Å². The van der Waals surface area contributed by atoms with Crippen LogP contribution in [0.15, 0.2) is 12.1 Å². The Balaban J connectivity index is 2.02. The molecule has 0 unspecified atom stereocenters. The number of benzene rings is 1. The minimum atomic E-state index is -0.450. The summed E-state index contributed by atoms with van der Waals surface area (Å²) >= 11 is 0. The van der Waals surface area contributed by atoms with Crippen LogP contribution in [0, 0.1) is 0 Å². The van der Waals surface area contributed by atoms with E-state index >= 15 is 0 Å². The Morgan fingerprint density at radius 2 is 1.78 bits per heavy atom. The third-order valence-electron chi connectivity index (χ3n) is 5.23. The van der Waals surface area contributed by atoms with E-state index in [1.807, 2.05) is 46.9 Å². The minimum Gasteiger partial charge on any atom is -0.496 e. The summed E-state index contributed by atoms with van der Waals surface area (Å²) in [6, 6.07) is 3.88. The second-order valence-corrected chi connectivity index (χ2v) is 7.32. The molecule has 1 aromatic rings. The van der Waals surface area contributed by atoms with Crippen LogP contribution in [0.1, 0.15) is 43.6 Å². The molecule has 0 aromatic heterocycles. The van der Waals surface area contributed by atoms with Gasteiger partial charge in [-0.3, -0.25) is 4.79 Å². The van der Waals surface area contributed by atoms with Gasteiger partial charge in [0.1, 0.15) is 5.75 Å². The number of methoxy groups -OCH3 is 1. The fraction of sp³-hybridized carbons (Fsp3) is 0.588. The van der Waals surface area contributed by atoms with E-state index in [1.54, 1.807) is 12.0 Å². The highest BCUT2D eigenvalue weighted by atomic mass is 16.7. The van der Waals surface area contributed by atoms with Crippen molar-refractivity contribution in [3.63, 3.8) is 0 Å². The zero-order valence-electron chi connectivity index (χ0n) is 14.7. The number of fused-ring (bicyclic) bond motifs is 1. The Morgan fingerprint density at radius 3 is 2.35 bits per heavy atom. The van der Waals surface area contributed by atoms with E-state index in [0.717, 1.165) is 17.4 Å². The quantitative estimate of drug-likeness (QED) is 0.778. The van der Waals surface area contributed by atoms with Crippen LogP contribution in [0.3, 0.4) is 0 Å². The van der Waals surface area contributed by atoms with Gasteiger partial charge in [0, 0.05) is 13.6 Å². The van der Waals surface area contributed by atoms with E-state index in [0.29, 0.717) is 17.9 Å². The minimum absolute atomic E-state index is 0.00330. The molecule has 2 aliphatic heterocycles. The molecule has 0 N–H and O–H groups in total. The molecule has 0 radical (unpaired) electrons. The van der Waals surface area contributed by atoms with E-state index in [-0.39, 0.29) is 5.91 Å². The van der Waals surface area contributed by atoms with Crippen molar-refractivity contribution in [1.82, 2.24) is 4.90 Å².